The molecule has 2 saturated heterocycles. The van der Waals surface area contributed by atoms with Crippen LogP contribution in [0.25, 0.3) is 0 Å². The van der Waals surface area contributed by atoms with Crippen LogP contribution >= 0.6 is 0 Å². The van der Waals surface area contributed by atoms with Gasteiger partial charge in [-0.15, -0.1) is 0 Å². The lowest BCUT2D eigenvalue weighted by Crippen LogP contribution is -2.60. The van der Waals surface area contributed by atoms with Crippen molar-refractivity contribution in [2.24, 2.45) is 16.7 Å². The number of hydrogen-bond donors (Lipinski definition) is 1. The lowest BCUT2D eigenvalue weighted by molar-refractivity contribution is -0.286. The van der Waals surface area contributed by atoms with Gasteiger partial charge in [-0.25, -0.2) is 0 Å². The molecule has 2 aliphatic heterocycles. The fourth-order valence-corrected chi connectivity index (χ4v) is 5.02. The van der Waals surface area contributed by atoms with Crippen LogP contribution < -0.4 is 0 Å². The highest BCUT2D eigenvalue weighted by Crippen LogP contribution is 2.66. The van der Waals surface area contributed by atoms with Gasteiger partial charge in [-0.2, -0.15) is 15.8 Å². The molecule has 4 atom stereocenters. The molecule has 156 valence electrons. The highest BCUT2D eigenvalue weighted by molar-refractivity contribution is 5.89. The number of ether oxygens (including phenoxy) is 2. The zero-order valence-corrected chi connectivity index (χ0v) is 17.6. The van der Waals surface area contributed by atoms with Crippen molar-refractivity contribution in [3.8, 4) is 18.2 Å². The van der Waals surface area contributed by atoms with Crippen molar-refractivity contribution in [2.75, 3.05) is 0 Å². The van der Waals surface area contributed by atoms with Gasteiger partial charge in [-0.1, -0.05) is 82.7 Å². The zero-order chi connectivity index (χ0) is 21.8. The van der Waals surface area contributed by atoms with E-state index in [2.05, 4.69) is 25.1 Å². The first-order valence-corrected chi connectivity index (χ1v) is 10.7. The Hall–Kier alpha value is -2.88. The molecule has 0 spiro atoms. The van der Waals surface area contributed by atoms with Crippen LogP contribution in [0.15, 0.2) is 30.3 Å². The molecule has 1 aromatic rings. The molecule has 2 aliphatic rings. The Bertz CT molecular complexity index is 896. The van der Waals surface area contributed by atoms with Crippen molar-refractivity contribution in [2.45, 2.75) is 70.7 Å². The van der Waals surface area contributed by atoms with Crippen molar-refractivity contribution in [3.63, 3.8) is 0 Å². The fourth-order valence-electron chi connectivity index (χ4n) is 5.02. The van der Waals surface area contributed by atoms with Crippen LogP contribution in [0.5, 0.6) is 0 Å². The molecule has 0 aromatic heterocycles. The minimum atomic E-state index is -1.80. The van der Waals surface area contributed by atoms with E-state index >= 15 is 0 Å². The van der Waals surface area contributed by atoms with Gasteiger partial charge in [0.05, 0.1) is 30.2 Å². The number of nitrogens with one attached hydrogen (secondary N) is 1. The van der Waals surface area contributed by atoms with Gasteiger partial charge in [0.2, 0.25) is 11.7 Å². The first-order valence-electron chi connectivity index (χ1n) is 10.7. The fraction of sp³-hybridized carbons (Fsp3) is 0.583. The molecular formula is C24H28N4O2. The maximum absolute atomic E-state index is 10.2. The molecule has 30 heavy (non-hydrogen) atoms. The van der Waals surface area contributed by atoms with Crippen LogP contribution in [-0.2, 0) is 15.3 Å². The van der Waals surface area contributed by atoms with Gasteiger partial charge in [0, 0.05) is 5.56 Å². The quantitative estimate of drug-likeness (QED) is 0.600. The molecule has 6 heteroatoms. The van der Waals surface area contributed by atoms with Crippen LogP contribution in [0, 0.1) is 56.2 Å². The zero-order valence-electron chi connectivity index (χ0n) is 17.6. The number of nitrogens with zero attached hydrogens (tertiary/aromatic N) is 3. The average Bonchev–Trinajstić information content (AvgIpc) is 2.94. The maximum atomic E-state index is 10.2. The molecule has 2 heterocycles. The number of unbranched alkanes of at least 4 members (excludes halogenated alkanes) is 5. The highest BCUT2D eigenvalue weighted by Gasteiger charge is 2.79. The van der Waals surface area contributed by atoms with Crippen molar-refractivity contribution >= 4 is 5.90 Å². The van der Waals surface area contributed by atoms with Gasteiger partial charge in [0.15, 0.2) is 10.8 Å². The lowest BCUT2D eigenvalue weighted by Gasteiger charge is -2.48. The largest absolute Gasteiger partial charge is 0.443 e. The Morgan fingerprint density at radius 1 is 0.967 bits per heavy atom. The Morgan fingerprint density at radius 2 is 1.60 bits per heavy atom. The summed E-state index contributed by atoms with van der Waals surface area (Å²) in [7, 11) is 0. The normalized spacial score (nSPS) is 31.2. The predicted molar refractivity (Wildman–Crippen MR) is 111 cm³/mol. The molecule has 0 radical (unpaired) electrons. The van der Waals surface area contributed by atoms with Crippen molar-refractivity contribution in [1.82, 2.24) is 0 Å². The van der Waals surface area contributed by atoms with Crippen molar-refractivity contribution in [3.05, 3.63) is 35.9 Å². The summed E-state index contributed by atoms with van der Waals surface area (Å²) >= 11 is 0. The third-order valence-electron chi connectivity index (χ3n) is 6.78. The SMILES string of the molecule is CCCCCCCCC1OC2(c3ccccc3)OC(=N)C(C#N)(C2C)C1(C#N)C#N. The molecule has 1 N–H and O–H groups in total. The first kappa shape index (κ1) is 21.8. The minimum absolute atomic E-state index is 0.352. The number of rotatable bonds is 8. The predicted octanol–water partition coefficient (Wildman–Crippen LogP) is 5.18. The molecular weight excluding hydrogens is 376 g/mol. The second kappa shape index (κ2) is 8.47. The van der Waals surface area contributed by atoms with Crippen molar-refractivity contribution < 1.29 is 9.47 Å². The third-order valence-corrected chi connectivity index (χ3v) is 6.78. The lowest BCUT2D eigenvalue weighted by atomic mass is 9.53. The summed E-state index contributed by atoms with van der Waals surface area (Å²) in [6, 6.07) is 15.6. The maximum Gasteiger partial charge on any atom is 0.243 e. The van der Waals surface area contributed by atoms with Gasteiger partial charge in [-0.05, 0) is 6.42 Å². The van der Waals surface area contributed by atoms with E-state index in [0.29, 0.717) is 12.0 Å². The summed E-state index contributed by atoms with van der Waals surface area (Å²) < 4.78 is 12.4. The molecule has 1 aromatic carbocycles. The molecule has 4 unspecified atom stereocenters. The van der Waals surface area contributed by atoms with Gasteiger partial charge in [0.1, 0.15) is 0 Å². The second-order valence-electron chi connectivity index (χ2n) is 8.30. The topological polar surface area (TPSA) is 114 Å². The summed E-state index contributed by atoms with van der Waals surface area (Å²) in [6.45, 7) is 3.91. The van der Waals surface area contributed by atoms with Crippen LogP contribution in [0.2, 0.25) is 0 Å². The summed E-state index contributed by atoms with van der Waals surface area (Å²) in [6.07, 6.45) is 6.00. The van der Waals surface area contributed by atoms with Crippen LogP contribution in [-0.4, -0.2) is 12.0 Å². The molecule has 2 fully saturated rings. The Labute approximate surface area is 178 Å². The number of nitriles is 3. The molecule has 2 bridgehead atoms. The molecule has 0 saturated carbocycles. The van der Waals surface area contributed by atoms with E-state index in [4.69, 9.17) is 14.9 Å². The molecule has 3 rings (SSSR count). The van der Waals surface area contributed by atoms with E-state index in [1.165, 1.54) is 12.8 Å². The first-order chi connectivity index (χ1) is 14.5. The number of benzene rings is 1. The summed E-state index contributed by atoms with van der Waals surface area (Å²) in [5, 5.41) is 39.0. The molecule has 6 nitrogen and oxygen atoms in total. The Kier molecular flexibility index (Phi) is 6.16. The van der Waals surface area contributed by atoms with Gasteiger partial charge in [0.25, 0.3) is 0 Å². The molecule has 0 aliphatic carbocycles. The second-order valence-corrected chi connectivity index (χ2v) is 8.30. The molecule has 0 amide bonds. The van der Waals surface area contributed by atoms with Crippen LogP contribution in [0.4, 0.5) is 0 Å². The summed E-state index contributed by atoms with van der Waals surface area (Å²) in [5.41, 5.74) is -2.79. The van der Waals surface area contributed by atoms with Crippen LogP contribution in [0.3, 0.4) is 0 Å². The standard InChI is InChI=1S/C24H28N4O2/c1-3-4-5-6-7-11-14-20-22(15-25,16-26)23(17-27)18(2)24(29-20,30-21(23)28)19-12-9-8-10-13-19/h8-10,12-13,18,20,28H,3-7,11,14H2,1-2H3. The van der Waals surface area contributed by atoms with E-state index in [0.717, 1.165) is 25.7 Å². The van der Waals surface area contributed by atoms with E-state index in [1.807, 2.05) is 30.3 Å². The smallest absolute Gasteiger partial charge is 0.243 e. The Morgan fingerprint density at radius 3 is 2.20 bits per heavy atom. The Balaban J connectivity index is 2.01. The van der Waals surface area contributed by atoms with E-state index < -0.39 is 28.6 Å². The van der Waals surface area contributed by atoms with E-state index in [-0.39, 0.29) is 5.90 Å². The van der Waals surface area contributed by atoms with Gasteiger partial charge < -0.3 is 9.47 Å². The minimum Gasteiger partial charge on any atom is -0.443 e. The summed E-state index contributed by atoms with van der Waals surface area (Å²) in [4.78, 5) is 0. The average molecular weight is 405 g/mol. The summed E-state index contributed by atoms with van der Waals surface area (Å²) in [5.74, 6) is -2.39. The van der Waals surface area contributed by atoms with Gasteiger partial charge >= 0.3 is 0 Å². The van der Waals surface area contributed by atoms with E-state index in [9.17, 15) is 15.8 Å². The van der Waals surface area contributed by atoms with E-state index in [1.54, 1.807) is 6.92 Å². The van der Waals surface area contributed by atoms with Gasteiger partial charge in [-0.3, -0.25) is 5.41 Å². The monoisotopic (exact) mass is 404 g/mol. The van der Waals surface area contributed by atoms with Crippen molar-refractivity contribution in [1.29, 1.82) is 21.2 Å². The number of hydrogen-bond acceptors (Lipinski definition) is 6. The highest BCUT2D eigenvalue weighted by atomic mass is 16.7. The number of fused-ring (bicyclic) bond motifs is 2. The third kappa shape index (κ3) is 2.89. The van der Waals surface area contributed by atoms with Crippen LogP contribution in [0.1, 0.15) is 64.4 Å².